The van der Waals surface area contributed by atoms with Gasteiger partial charge in [0.05, 0.1) is 17.2 Å². The van der Waals surface area contributed by atoms with Gasteiger partial charge >= 0.3 is 0 Å². The molecule has 1 atom stereocenters. The number of carbonyl (C=O) groups excluding carboxylic acids is 1. The van der Waals surface area contributed by atoms with E-state index in [2.05, 4.69) is 15.0 Å². The fourth-order valence-electron chi connectivity index (χ4n) is 4.06. The highest BCUT2D eigenvalue weighted by atomic mass is 32.1. The molecule has 1 aromatic carbocycles. The monoisotopic (exact) mass is 455 g/mol. The maximum atomic E-state index is 14.1. The fraction of sp³-hybridized carbons (Fsp3) is 0.318. The first-order chi connectivity index (χ1) is 15.5. The van der Waals surface area contributed by atoms with Gasteiger partial charge in [0.1, 0.15) is 5.82 Å². The van der Waals surface area contributed by atoms with E-state index in [0.29, 0.717) is 54.0 Å². The first-order valence-electron chi connectivity index (χ1n) is 10.4. The number of carbonyl (C=O) groups is 1. The van der Waals surface area contributed by atoms with Gasteiger partial charge in [0.15, 0.2) is 11.6 Å². The second-order valence-electron chi connectivity index (χ2n) is 7.63. The zero-order valence-corrected chi connectivity index (χ0v) is 18.3. The minimum absolute atomic E-state index is 0.0144. The van der Waals surface area contributed by atoms with Crippen LogP contribution >= 0.6 is 11.3 Å². The summed E-state index contributed by atoms with van der Waals surface area (Å²) in [4.78, 5) is 22.2. The minimum Gasteiger partial charge on any atom is -0.492 e. The molecule has 166 valence electrons. The van der Waals surface area contributed by atoms with Crippen molar-refractivity contribution in [3.05, 3.63) is 70.5 Å². The summed E-state index contributed by atoms with van der Waals surface area (Å²) >= 11 is 1.35. The second-order valence-corrected chi connectivity index (χ2v) is 8.64. The predicted octanol–water partition coefficient (Wildman–Crippen LogP) is 3.34. The lowest BCUT2D eigenvalue weighted by Gasteiger charge is -2.38. The Balaban J connectivity index is 1.46. The van der Waals surface area contributed by atoms with E-state index in [-0.39, 0.29) is 23.6 Å². The number of halogens is 1. The summed E-state index contributed by atoms with van der Waals surface area (Å²) in [5.41, 5.74) is 0.728. The first kappa shape index (κ1) is 20.7. The molecule has 1 N–H and O–H groups in total. The summed E-state index contributed by atoms with van der Waals surface area (Å²) in [6.07, 6.45) is 2.15. The van der Waals surface area contributed by atoms with Crippen molar-refractivity contribution in [1.29, 1.82) is 0 Å². The van der Waals surface area contributed by atoms with E-state index in [1.54, 1.807) is 23.1 Å². The number of rotatable bonds is 5. The number of thiazole rings is 1. The fourth-order valence-corrected chi connectivity index (χ4v) is 5.20. The van der Waals surface area contributed by atoms with Crippen LogP contribution in [0.15, 0.2) is 47.1 Å². The average molecular weight is 456 g/mol. The van der Waals surface area contributed by atoms with Crippen LogP contribution in [-0.2, 0) is 6.42 Å². The van der Waals surface area contributed by atoms with E-state index in [1.165, 1.54) is 34.2 Å². The minimum atomic E-state index is -0.384. The van der Waals surface area contributed by atoms with Crippen LogP contribution in [0.25, 0.3) is 4.96 Å². The number of hydrogen-bond donors (Lipinski definition) is 1. The van der Waals surface area contributed by atoms with Crippen LogP contribution in [0.5, 0.6) is 5.88 Å². The van der Waals surface area contributed by atoms with Crippen LogP contribution in [0.3, 0.4) is 0 Å². The van der Waals surface area contributed by atoms with Crippen LogP contribution < -0.4 is 0 Å². The number of piperazine rings is 1. The van der Waals surface area contributed by atoms with Gasteiger partial charge in [-0.2, -0.15) is 4.52 Å². The average Bonchev–Trinajstić information content (AvgIpc) is 3.53. The van der Waals surface area contributed by atoms with E-state index < -0.39 is 0 Å². The summed E-state index contributed by atoms with van der Waals surface area (Å²) in [5, 5.41) is 15.3. The molecule has 10 heteroatoms. The van der Waals surface area contributed by atoms with Gasteiger partial charge < -0.3 is 14.4 Å². The van der Waals surface area contributed by atoms with Gasteiger partial charge in [0.2, 0.25) is 10.8 Å². The number of hydrogen-bond acceptors (Lipinski definition) is 7. The van der Waals surface area contributed by atoms with Crippen molar-refractivity contribution >= 4 is 22.2 Å². The largest absolute Gasteiger partial charge is 0.492 e. The number of nitrogens with zero attached hydrogens (tertiary/aromatic N) is 5. The van der Waals surface area contributed by atoms with Gasteiger partial charge in [-0.25, -0.2) is 9.37 Å². The third kappa shape index (κ3) is 3.65. The number of benzene rings is 1. The van der Waals surface area contributed by atoms with E-state index >= 15 is 0 Å². The van der Waals surface area contributed by atoms with Crippen LogP contribution in [-0.4, -0.2) is 61.6 Å². The number of furan rings is 1. The van der Waals surface area contributed by atoms with E-state index in [0.717, 1.165) is 5.56 Å². The summed E-state index contributed by atoms with van der Waals surface area (Å²) in [5.74, 6) is 0.498. The normalized spacial score (nSPS) is 16.0. The molecule has 1 fully saturated rings. The second kappa shape index (κ2) is 8.36. The number of aryl methyl sites for hydroxylation is 1. The highest BCUT2D eigenvalue weighted by Gasteiger charge is 2.33. The third-order valence-corrected chi connectivity index (χ3v) is 6.74. The molecule has 5 rings (SSSR count). The van der Waals surface area contributed by atoms with Crippen LogP contribution in [0.4, 0.5) is 4.39 Å². The topological polar surface area (TPSA) is 87.1 Å². The zero-order chi connectivity index (χ0) is 22.2. The van der Waals surface area contributed by atoms with Gasteiger partial charge in [-0.05, 0) is 29.8 Å². The maximum Gasteiger partial charge on any atom is 0.289 e. The van der Waals surface area contributed by atoms with Gasteiger partial charge in [0.25, 0.3) is 5.91 Å². The Hall–Kier alpha value is -3.24. The molecule has 0 saturated carbocycles. The molecule has 1 unspecified atom stereocenters. The van der Waals surface area contributed by atoms with E-state index in [1.807, 2.05) is 13.0 Å². The lowest BCUT2D eigenvalue weighted by Crippen LogP contribution is -2.49. The lowest BCUT2D eigenvalue weighted by molar-refractivity contribution is 0.0567. The Morgan fingerprint density at radius 3 is 2.72 bits per heavy atom. The Morgan fingerprint density at radius 2 is 2.06 bits per heavy atom. The van der Waals surface area contributed by atoms with Crippen LogP contribution in [0.1, 0.15) is 39.8 Å². The molecule has 4 aromatic rings. The number of amides is 1. The lowest BCUT2D eigenvalue weighted by atomic mass is 10.0. The molecule has 4 heterocycles. The molecule has 0 radical (unpaired) electrons. The van der Waals surface area contributed by atoms with Crippen molar-refractivity contribution in [1.82, 2.24) is 24.4 Å². The molecule has 1 saturated heterocycles. The van der Waals surface area contributed by atoms with E-state index in [9.17, 15) is 14.3 Å². The number of aromatic nitrogens is 3. The molecular formula is C22H22FN5O3S. The van der Waals surface area contributed by atoms with Crippen molar-refractivity contribution in [2.45, 2.75) is 19.4 Å². The summed E-state index contributed by atoms with van der Waals surface area (Å²) in [6.45, 7) is 4.05. The first-order valence-corrected chi connectivity index (χ1v) is 11.3. The molecule has 0 bridgehead atoms. The van der Waals surface area contributed by atoms with Crippen LogP contribution in [0, 0.1) is 5.82 Å². The van der Waals surface area contributed by atoms with E-state index in [4.69, 9.17) is 4.42 Å². The van der Waals surface area contributed by atoms with Crippen molar-refractivity contribution < 1.29 is 18.7 Å². The Kier molecular flexibility index (Phi) is 5.40. The van der Waals surface area contributed by atoms with Gasteiger partial charge in [-0.3, -0.25) is 9.69 Å². The molecule has 1 aliphatic heterocycles. The Labute approximate surface area is 187 Å². The quantitative estimate of drug-likeness (QED) is 0.497. The summed E-state index contributed by atoms with van der Waals surface area (Å²) in [7, 11) is 0. The molecule has 8 nitrogen and oxygen atoms in total. The SMILES string of the molecule is CCc1nc2sc(C(c3cccc(F)c3)N3CCN(C(=O)c4ccco4)CC3)c(O)n2n1. The Bertz CT molecular complexity index is 1240. The molecule has 0 aliphatic carbocycles. The third-order valence-electron chi connectivity index (χ3n) is 5.67. The van der Waals surface area contributed by atoms with Gasteiger partial charge in [0, 0.05) is 32.6 Å². The zero-order valence-electron chi connectivity index (χ0n) is 17.4. The summed E-state index contributed by atoms with van der Waals surface area (Å²) < 4.78 is 20.8. The smallest absolute Gasteiger partial charge is 0.289 e. The highest BCUT2D eigenvalue weighted by Crippen LogP contribution is 2.40. The molecule has 1 amide bonds. The van der Waals surface area contributed by atoms with Crippen molar-refractivity contribution in [2.75, 3.05) is 26.2 Å². The highest BCUT2D eigenvalue weighted by molar-refractivity contribution is 7.17. The van der Waals surface area contributed by atoms with Gasteiger partial charge in [-0.15, -0.1) is 5.10 Å². The van der Waals surface area contributed by atoms with Crippen molar-refractivity contribution in [3.63, 3.8) is 0 Å². The Morgan fingerprint density at radius 1 is 1.25 bits per heavy atom. The standard InChI is InChI=1S/C22H22FN5O3S/c1-2-17-24-22-28(25-17)21(30)19(32-22)18(14-5-3-6-15(23)13-14)26-8-10-27(11-9-26)20(29)16-7-4-12-31-16/h3-7,12-13,18,30H,2,8-11H2,1H3. The van der Waals surface area contributed by atoms with Gasteiger partial charge in [-0.1, -0.05) is 30.4 Å². The predicted molar refractivity (Wildman–Crippen MR) is 116 cm³/mol. The molecule has 1 aliphatic rings. The molecule has 32 heavy (non-hydrogen) atoms. The van der Waals surface area contributed by atoms with Crippen LogP contribution in [0.2, 0.25) is 0 Å². The van der Waals surface area contributed by atoms with Crippen molar-refractivity contribution in [2.24, 2.45) is 0 Å². The van der Waals surface area contributed by atoms with Crippen molar-refractivity contribution in [3.8, 4) is 5.88 Å². The molecule has 0 spiro atoms. The number of aromatic hydroxyl groups is 1. The maximum absolute atomic E-state index is 14.1. The molecule has 3 aromatic heterocycles. The number of fused-ring (bicyclic) bond motifs is 1. The molecular weight excluding hydrogens is 433 g/mol. The summed E-state index contributed by atoms with van der Waals surface area (Å²) in [6, 6.07) is 9.36.